The highest BCUT2D eigenvalue weighted by Gasteiger charge is 2.14. The van der Waals surface area contributed by atoms with Crippen LogP contribution >= 0.6 is 0 Å². The molecule has 0 aliphatic carbocycles. The van der Waals surface area contributed by atoms with Crippen LogP contribution in [0, 0.1) is 6.92 Å². The molecule has 0 saturated carbocycles. The Hall–Kier alpha value is -2.24. The maximum absolute atomic E-state index is 5.87. The molecular formula is C18H20N2O3. The Morgan fingerprint density at radius 3 is 2.87 bits per heavy atom. The van der Waals surface area contributed by atoms with E-state index >= 15 is 0 Å². The Kier molecular flexibility index (Phi) is 4.69. The summed E-state index contributed by atoms with van der Waals surface area (Å²) >= 11 is 0. The third kappa shape index (κ3) is 3.41. The van der Waals surface area contributed by atoms with E-state index in [9.17, 15) is 0 Å². The van der Waals surface area contributed by atoms with Gasteiger partial charge in [-0.1, -0.05) is 13.0 Å². The van der Waals surface area contributed by atoms with Crippen LogP contribution in [0.2, 0.25) is 0 Å². The third-order valence-electron chi connectivity index (χ3n) is 3.62. The largest absolute Gasteiger partial charge is 0.435 e. The second-order valence-corrected chi connectivity index (χ2v) is 5.45. The van der Waals surface area contributed by atoms with Crippen molar-refractivity contribution in [1.29, 1.82) is 0 Å². The number of fused-ring (bicyclic) bond motifs is 1. The lowest BCUT2D eigenvalue weighted by Gasteiger charge is -2.07. The fourth-order valence-corrected chi connectivity index (χ4v) is 2.48. The summed E-state index contributed by atoms with van der Waals surface area (Å²) in [5, 5.41) is 0. The lowest BCUT2D eigenvalue weighted by atomic mass is 10.1. The molecule has 0 atom stereocenters. The molecule has 5 nitrogen and oxygen atoms in total. The quantitative estimate of drug-likeness (QED) is 0.510. The second kappa shape index (κ2) is 6.89. The normalized spacial score (nSPS) is 11.3. The maximum atomic E-state index is 5.87. The number of hydrogen-bond donors (Lipinski definition) is 0. The minimum absolute atomic E-state index is 0.272. The zero-order chi connectivity index (χ0) is 16.2. The number of nitrogens with zero attached hydrogens (tertiary/aromatic N) is 2. The summed E-state index contributed by atoms with van der Waals surface area (Å²) in [5.41, 5.74) is 5.68. The third-order valence-corrected chi connectivity index (χ3v) is 3.62. The van der Waals surface area contributed by atoms with E-state index < -0.39 is 0 Å². The molecule has 0 amide bonds. The van der Waals surface area contributed by atoms with Gasteiger partial charge in [0.1, 0.15) is 18.0 Å². The molecule has 2 aromatic heterocycles. The standard InChI is InChI=1S/C18H20N2O3/c1-4-14-8-13(10-22-11-21-3)9-19-17(14)18-20-15-7-12(2)5-6-16(15)23-18/h5-9H,4,10-11H2,1-3H3. The Balaban J connectivity index is 1.93. The monoisotopic (exact) mass is 312 g/mol. The summed E-state index contributed by atoms with van der Waals surface area (Å²) in [6.45, 7) is 4.87. The molecule has 0 unspecified atom stereocenters. The summed E-state index contributed by atoms with van der Waals surface area (Å²) in [6, 6.07) is 8.06. The highest BCUT2D eigenvalue weighted by molar-refractivity contribution is 5.76. The Bertz CT molecular complexity index is 811. The number of rotatable bonds is 6. The van der Waals surface area contributed by atoms with Crippen molar-refractivity contribution >= 4 is 11.1 Å². The van der Waals surface area contributed by atoms with E-state index in [-0.39, 0.29) is 6.79 Å². The average molecular weight is 312 g/mol. The average Bonchev–Trinajstić information content (AvgIpc) is 2.97. The summed E-state index contributed by atoms with van der Waals surface area (Å²) in [4.78, 5) is 9.12. The predicted octanol–water partition coefficient (Wildman–Crippen LogP) is 3.88. The number of benzene rings is 1. The molecule has 5 heteroatoms. The molecule has 0 N–H and O–H groups in total. The molecule has 0 bridgehead atoms. The van der Waals surface area contributed by atoms with Crippen molar-refractivity contribution in [3.05, 3.63) is 47.2 Å². The molecule has 1 aromatic carbocycles. The maximum Gasteiger partial charge on any atom is 0.246 e. The van der Waals surface area contributed by atoms with Gasteiger partial charge in [-0.3, -0.25) is 4.98 Å². The van der Waals surface area contributed by atoms with Crippen molar-refractivity contribution in [2.75, 3.05) is 13.9 Å². The number of oxazole rings is 1. The molecule has 0 spiro atoms. The van der Waals surface area contributed by atoms with Crippen LogP contribution in [0.3, 0.4) is 0 Å². The Labute approximate surface area is 135 Å². The second-order valence-electron chi connectivity index (χ2n) is 5.45. The van der Waals surface area contributed by atoms with Gasteiger partial charge in [-0.15, -0.1) is 0 Å². The Morgan fingerprint density at radius 2 is 2.09 bits per heavy atom. The van der Waals surface area contributed by atoms with E-state index in [1.807, 2.05) is 25.1 Å². The number of ether oxygens (including phenoxy) is 2. The molecule has 3 aromatic rings. The topological polar surface area (TPSA) is 57.4 Å². The zero-order valence-electron chi connectivity index (χ0n) is 13.6. The summed E-state index contributed by atoms with van der Waals surface area (Å²) in [7, 11) is 1.60. The van der Waals surface area contributed by atoms with E-state index in [1.165, 1.54) is 0 Å². The van der Waals surface area contributed by atoms with Crippen LogP contribution in [0.1, 0.15) is 23.6 Å². The van der Waals surface area contributed by atoms with Gasteiger partial charge in [0, 0.05) is 13.3 Å². The molecular weight excluding hydrogens is 292 g/mol. The smallest absolute Gasteiger partial charge is 0.246 e. The lowest BCUT2D eigenvalue weighted by molar-refractivity contribution is -0.0391. The van der Waals surface area contributed by atoms with Crippen LogP contribution in [0.15, 0.2) is 34.9 Å². The number of pyridine rings is 1. The molecule has 0 aliphatic heterocycles. The van der Waals surface area contributed by atoms with Crippen LogP contribution in [0.25, 0.3) is 22.7 Å². The molecule has 0 radical (unpaired) electrons. The molecule has 0 aliphatic rings. The molecule has 3 rings (SSSR count). The van der Waals surface area contributed by atoms with E-state index in [0.717, 1.165) is 39.9 Å². The zero-order valence-corrected chi connectivity index (χ0v) is 13.6. The first-order valence-corrected chi connectivity index (χ1v) is 7.63. The van der Waals surface area contributed by atoms with Crippen molar-refractivity contribution in [1.82, 2.24) is 9.97 Å². The Morgan fingerprint density at radius 1 is 1.22 bits per heavy atom. The number of hydrogen-bond acceptors (Lipinski definition) is 5. The first kappa shape index (κ1) is 15.6. The van der Waals surface area contributed by atoms with Crippen molar-refractivity contribution in [3.8, 4) is 11.6 Å². The van der Waals surface area contributed by atoms with Crippen molar-refractivity contribution < 1.29 is 13.9 Å². The minimum atomic E-state index is 0.272. The van der Waals surface area contributed by atoms with Gasteiger partial charge in [0.05, 0.1) is 6.61 Å². The lowest BCUT2D eigenvalue weighted by Crippen LogP contribution is -2.00. The van der Waals surface area contributed by atoms with Gasteiger partial charge in [0.25, 0.3) is 0 Å². The van der Waals surface area contributed by atoms with Crippen LogP contribution in [-0.4, -0.2) is 23.9 Å². The van der Waals surface area contributed by atoms with Gasteiger partial charge in [0.2, 0.25) is 5.89 Å². The predicted molar refractivity (Wildman–Crippen MR) is 88.0 cm³/mol. The summed E-state index contributed by atoms with van der Waals surface area (Å²) in [6.07, 6.45) is 2.64. The highest BCUT2D eigenvalue weighted by Crippen LogP contribution is 2.27. The van der Waals surface area contributed by atoms with Crippen molar-refractivity contribution in [3.63, 3.8) is 0 Å². The van der Waals surface area contributed by atoms with Crippen LogP contribution in [0.5, 0.6) is 0 Å². The van der Waals surface area contributed by atoms with Gasteiger partial charge >= 0.3 is 0 Å². The molecule has 120 valence electrons. The van der Waals surface area contributed by atoms with E-state index in [4.69, 9.17) is 13.9 Å². The molecule has 2 heterocycles. The van der Waals surface area contributed by atoms with E-state index in [1.54, 1.807) is 13.3 Å². The van der Waals surface area contributed by atoms with E-state index in [0.29, 0.717) is 12.5 Å². The van der Waals surface area contributed by atoms with Gasteiger partial charge in [-0.2, -0.15) is 0 Å². The summed E-state index contributed by atoms with van der Waals surface area (Å²) in [5.74, 6) is 0.562. The van der Waals surface area contributed by atoms with Crippen LogP contribution in [-0.2, 0) is 22.5 Å². The van der Waals surface area contributed by atoms with Gasteiger partial charge in [0.15, 0.2) is 5.58 Å². The van der Waals surface area contributed by atoms with Crippen LogP contribution < -0.4 is 0 Å². The molecule has 0 fully saturated rings. The first-order valence-electron chi connectivity index (χ1n) is 7.63. The molecule has 23 heavy (non-hydrogen) atoms. The summed E-state index contributed by atoms with van der Waals surface area (Å²) < 4.78 is 16.1. The van der Waals surface area contributed by atoms with Crippen molar-refractivity contribution in [2.45, 2.75) is 26.9 Å². The first-order chi connectivity index (χ1) is 11.2. The van der Waals surface area contributed by atoms with Gasteiger partial charge < -0.3 is 13.9 Å². The fraction of sp³-hybridized carbons (Fsp3) is 0.333. The fourth-order valence-electron chi connectivity index (χ4n) is 2.48. The molecule has 0 saturated heterocycles. The van der Waals surface area contributed by atoms with Gasteiger partial charge in [-0.05, 0) is 48.2 Å². The number of aryl methyl sites for hydroxylation is 2. The van der Waals surface area contributed by atoms with E-state index in [2.05, 4.69) is 23.0 Å². The highest BCUT2D eigenvalue weighted by atomic mass is 16.7. The minimum Gasteiger partial charge on any atom is -0.435 e. The van der Waals surface area contributed by atoms with Crippen molar-refractivity contribution in [2.24, 2.45) is 0 Å². The SMILES string of the molecule is CCc1cc(COCOC)cnc1-c1nc2cc(C)ccc2o1. The van der Waals surface area contributed by atoms with Gasteiger partial charge in [-0.25, -0.2) is 4.98 Å². The van der Waals surface area contributed by atoms with Crippen LogP contribution in [0.4, 0.5) is 0 Å². The number of methoxy groups -OCH3 is 1. The number of aromatic nitrogens is 2.